The molecule has 2 aliphatic rings. The molecule has 2 atom stereocenters. The first-order valence-electron chi connectivity index (χ1n) is 9.46. The van der Waals surface area contributed by atoms with Gasteiger partial charge in [0, 0.05) is 10.9 Å². The van der Waals surface area contributed by atoms with Gasteiger partial charge in [-0.25, -0.2) is 4.98 Å². The first-order chi connectivity index (χ1) is 12.4. The number of carbonyl (C=O) groups is 1. The molecule has 2 aliphatic carbocycles. The van der Waals surface area contributed by atoms with Crippen LogP contribution in [0.4, 0.5) is 0 Å². The molecule has 26 heavy (non-hydrogen) atoms. The number of fused-ring (bicyclic) bond motifs is 3. The molecule has 0 saturated heterocycles. The van der Waals surface area contributed by atoms with E-state index < -0.39 is 0 Å². The summed E-state index contributed by atoms with van der Waals surface area (Å²) >= 11 is 1.66. The van der Waals surface area contributed by atoms with Gasteiger partial charge in [-0.2, -0.15) is 0 Å². The Balaban J connectivity index is 1.58. The predicted octanol–water partition coefficient (Wildman–Crippen LogP) is 2.38. The van der Waals surface area contributed by atoms with E-state index in [0.29, 0.717) is 24.3 Å². The van der Waals surface area contributed by atoms with Crippen molar-refractivity contribution in [1.82, 2.24) is 20.2 Å². The van der Waals surface area contributed by atoms with Crippen molar-refractivity contribution in [2.45, 2.75) is 58.0 Å². The summed E-state index contributed by atoms with van der Waals surface area (Å²) < 4.78 is 0. The average Bonchev–Trinajstić information content (AvgIpc) is 3.31. The highest BCUT2D eigenvalue weighted by Crippen LogP contribution is 2.36. The van der Waals surface area contributed by atoms with Gasteiger partial charge in [-0.15, -0.1) is 11.3 Å². The molecule has 1 amide bonds. The minimum Gasteiger partial charge on any atom is -0.352 e. The molecule has 0 radical (unpaired) electrons. The summed E-state index contributed by atoms with van der Waals surface area (Å²) in [5.41, 5.74) is 1.16. The van der Waals surface area contributed by atoms with Crippen LogP contribution >= 0.6 is 11.3 Å². The van der Waals surface area contributed by atoms with Gasteiger partial charge in [0.25, 0.3) is 5.56 Å². The van der Waals surface area contributed by atoms with E-state index in [0.717, 1.165) is 42.3 Å². The quantitative estimate of drug-likeness (QED) is 0.842. The predicted molar refractivity (Wildman–Crippen MR) is 104 cm³/mol. The maximum atomic E-state index is 12.7. The van der Waals surface area contributed by atoms with Crippen LogP contribution in [0.25, 0.3) is 10.2 Å². The molecule has 2 heterocycles. The van der Waals surface area contributed by atoms with Crippen LogP contribution in [0.5, 0.6) is 0 Å². The van der Waals surface area contributed by atoms with E-state index in [9.17, 15) is 9.59 Å². The van der Waals surface area contributed by atoms with Crippen molar-refractivity contribution in [3.8, 4) is 0 Å². The molecule has 0 aromatic carbocycles. The zero-order valence-corrected chi connectivity index (χ0v) is 16.4. The van der Waals surface area contributed by atoms with Crippen molar-refractivity contribution in [2.75, 3.05) is 13.6 Å². The summed E-state index contributed by atoms with van der Waals surface area (Å²) in [6.45, 7) is 4.54. The topological polar surface area (TPSA) is 78.1 Å². The first kappa shape index (κ1) is 17.7. The summed E-state index contributed by atoms with van der Waals surface area (Å²) in [6.07, 6.45) is 5.31. The summed E-state index contributed by atoms with van der Waals surface area (Å²) in [4.78, 5) is 36.6. The van der Waals surface area contributed by atoms with Crippen LogP contribution in [0.3, 0.4) is 0 Å². The normalized spacial score (nSPS) is 21.0. The maximum Gasteiger partial charge on any atom is 0.259 e. The molecule has 0 unspecified atom stereocenters. The highest BCUT2D eigenvalue weighted by molar-refractivity contribution is 7.18. The number of likely N-dealkylation sites (N-methyl/N-ethyl adjacent to an activating group) is 1. The highest BCUT2D eigenvalue weighted by Gasteiger charge is 2.26. The van der Waals surface area contributed by atoms with Gasteiger partial charge in [-0.05, 0) is 57.6 Å². The number of amides is 1. The van der Waals surface area contributed by atoms with Crippen LogP contribution in [0.2, 0.25) is 0 Å². The zero-order chi connectivity index (χ0) is 18.4. The van der Waals surface area contributed by atoms with Gasteiger partial charge < -0.3 is 10.3 Å². The number of aromatic amines is 1. The standard InChI is InChI=1S/C19H26N4O2S/c1-10-4-7-13-14(8-10)26-19-16(13)18(25)21-17(22-19)11(2)23(3)9-15(24)20-12-5-6-12/h10-12H,4-9H2,1-3H3,(H,20,24)(H,21,22,25)/t10-,11+/m0/s1. The molecule has 2 N–H and O–H groups in total. The fraction of sp³-hybridized carbons (Fsp3) is 0.632. The number of thiophene rings is 1. The van der Waals surface area contributed by atoms with Crippen LogP contribution in [-0.2, 0) is 17.6 Å². The number of carbonyl (C=O) groups excluding carboxylic acids is 1. The zero-order valence-electron chi connectivity index (χ0n) is 15.6. The first-order valence-corrected chi connectivity index (χ1v) is 10.3. The Hall–Kier alpha value is -1.73. The summed E-state index contributed by atoms with van der Waals surface area (Å²) in [5, 5.41) is 3.78. The minimum atomic E-state index is -0.130. The molecule has 2 aromatic rings. The number of aryl methyl sites for hydroxylation is 1. The number of hydrogen-bond donors (Lipinski definition) is 2. The van der Waals surface area contributed by atoms with Crippen LogP contribution in [0, 0.1) is 5.92 Å². The van der Waals surface area contributed by atoms with Crippen molar-refractivity contribution in [3.63, 3.8) is 0 Å². The molecule has 6 nitrogen and oxygen atoms in total. The molecule has 1 saturated carbocycles. The van der Waals surface area contributed by atoms with E-state index in [1.54, 1.807) is 11.3 Å². The number of nitrogens with zero attached hydrogens (tertiary/aromatic N) is 2. The molecule has 140 valence electrons. The molecular weight excluding hydrogens is 348 g/mol. The lowest BCUT2D eigenvalue weighted by molar-refractivity contribution is -0.122. The third-order valence-electron chi connectivity index (χ3n) is 5.58. The number of H-pyrrole nitrogens is 1. The second-order valence-electron chi connectivity index (χ2n) is 7.92. The van der Waals surface area contributed by atoms with Crippen molar-refractivity contribution in [1.29, 1.82) is 0 Å². The fourth-order valence-corrected chi connectivity index (χ4v) is 5.03. The Bertz CT molecular complexity index is 899. The Morgan fingerprint density at radius 3 is 2.92 bits per heavy atom. The highest BCUT2D eigenvalue weighted by atomic mass is 32.1. The van der Waals surface area contributed by atoms with Crippen LogP contribution in [0.15, 0.2) is 4.79 Å². The maximum absolute atomic E-state index is 12.7. The Morgan fingerprint density at radius 1 is 1.42 bits per heavy atom. The average molecular weight is 375 g/mol. The Morgan fingerprint density at radius 2 is 2.19 bits per heavy atom. The molecule has 0 bridgehead atoms. The summed E-state index contributed by atoms with van der Waals surface area (Å²) in [6, 6.07) is 0.232. The van der Waals surface area contributed by atoms with Gasteiger partial charge in [0.05, 0.1) is 18.0 Å². The van der Waals surface area contributed by atoms with Crippen LogP contribution in [0.1, 0.15) is 55.4 Å². The lowest BCUT2D eigenvalue weighted by Gasteiger charge is -2.23. The van der Waals surface area contributed by atoms with Gasteiger partial charge >= 0.3 is 0 Å². The Labute approximate surface area is 157 Å². The Kier molecular flexibility index (Phi) is 4.61. The molecule has 7 heteroatoms. The summed E-state index contributed by atoms with van der Waals surface area (Å²) in [7, 11) is 1.89. The van der Waals surface area contributed by atoms with E-state index in [2.05, 4.69) is 17.2 Å². The van der Waals surface area contributed by atoms with E-state index in [1.807, 2.05) is 18.9 Å². The van der Waals surface area contributed by atoms with E-state index >= 15 is 0 Å². The van der Waals surface area contributed by atoms with Gasteiger partial charge in [0.15, 0.2) is 0 Å². The lowest BCUT2D eigenvalue weighted by Crippen LogP contribution is -2.38. The summed E-state index contributed by atoms with van der Waals surface area (Å²) in [5.74, 6) is 1.34. The van der Waals surface area contributed by atoms with Crippen molar-refractivity contribution < 1.29 is 4.79 Å². The molecular formula is C19H26N4O2S. The lowest BCUT2D eigenvalue weighted by atomic mass is 9.89. The number of hydrogen-bond acceptors (Lipinski definition) is 5. The second kappa shape index (κ2) is 6.78. The van der Waals surface area contributed by atoms with E-state index in [1.165, 1.54) is 10.4 Å². The van der Waals surface area contributed by atoms with Crippen LogP contribution in [-0.4, -0.2) is 40.4 Å². The van der Waals surface area contributed by atoms with Gasteiger partial charge in [-0.3, -0.25) is 14.5 Å². The number of aromatic nitrogens is 2. The van der Waals surface area contributed by atoms with Crippen molar-refractivity contribution in [3.05, 3.63) is 26.6 Å². The third kappa shape index (κ3) is 3.42. The molecule has 1 fully saturated rings. The minimum absolute atomic E-state index is 0.0332. The second-order valence-corrected chi connectivity index (χ2v) is 9.00. The number of rotatable bonds is 5. The molecule has 0 aliphatic heterocycles. The van der Waals surface area contributed by atoms with Gasteiger partial charge in [0.1, 0.15) is 10.7 Å². The largest absolute Gasteiger partial charge is 0.352 e. The molecule has 2 aromatic heterocycles. The van der Waals surface area contributed by atoms with Crippen molar-refractivity contribution >= 4 is 27.5 Å². The van der Waals surface area contributed by atoms with Crippen LogP contribution < -0.4 is 10.9 Å². The van der Waals surface area contributed by atoms with E-state index in [-0.39, 0.29) is 17.5 Å². The smallest absolute Gasteiger partial charge is 0.259 e. The van der Waals surface area contributed by atoms with Crippen molar-refractivity contribution in [2.24, 2.45) is 5.92 Å². The fourth-order valence-electron chi connectivity index (χ4n) is 3.64. The molecule has 0 spiro atoms. The third-order valence-corrected chi connectivity index (χ3v) is 6.72. The van der Waals surface area contributed by atoms with E-state index in [4.69, 9.17) is 4.98 Å². The molecule has 4 rings (SSSR count). The number of nitrogens with one attached hydrogen (secondary N) is 2. The van der Waals surface area contributed by atoms with Gasteiger partial charge in [-0.1, -0.05) is 6.92 Å². The monoisotopic (exact) mass is 374 g/mol. The SMILES string of the molecule is C[C@H]1CCc2c(sc3nc([C@@H](C)N(C)CC(=O)NC4CC4)[nH]c(=O)c23)C1. The van der Waals surface area contributed by atoms with Gasteiger partial charge in [0.2, 0.25) is 5.91 Å².